The highest BCUT2D eigenvalue weighted by molar-refractivity contribution is 9.10. The first kappa shape index (κ1) is 14.6. The Balaban J connectivity index is 1.81. The second-order valence-electron chi connectivity index (χ2n) is 4.65. The van der Waals surface area contributed by atoms with Crippen LogP contribution in [-0.4, -0.2) is 6.54 Å². The molecule has 0 unspecified atom stereocenters. The van der Waals surface area contributed by atoms with Gasteiger partial charge in [-0.3, -0.25) is 0 Å². The Hall–Kier alpha value is -0.830. The number of rotatable bonds is 5. The van der Waals surface area contributed by atoms with Crippen LogP contribution < -0.4 is 5.32 Å². The van der Waals surface area contributed by atoms with Crippen LogP contribution in [0.4, 0.5) is 0 Å². The maximum atomic E-state index is 6.18. The number of aryl methyl sites for hydroxylation is 1. The second-order valence-corrected chi connectivity index (χ2v) is 5.97. The lowest BCUT2D eigenvalue weighted by molar-refractivity contribution is 0.687. The Morgan fingerprint density at radius 1 is 1.16 bits per heavy atom. The molecular weight excluding hydrogens is 322 g/mol. The average molecular weight is 339 g/mol. The first-order valence-electron chi connectivity index (χ1n) is 6.35. The number of halogens is 2. The van der Waals surface area contributed by atoms with Crippen LogP contribution in [0.25, 0.3) is 0 Å². The van der Waals surface area contributed by atoms with E-state index in [9.17, 15) is 0 Å². The average Bonchev–Trinajstić information content (AvgIpc) is 2.37. The van der Waals surface area contributed by atoms with Crippen molar-refractivity contribution in [1.82, 2.24) is 5.32 Å². The van der Waals surface area contributed by atoms with Gasteiger partial charge in [-0.25, -0.2) is 0 Å². The van der Waals surface area contributed by atoms with Crippen LogP contribution in [0.1, 0.15) is 16.7 Å². The number of nitrogens with one attached hydrogen (secondary N) is 1. The molecule has 2 aromatic rings. The van der Waals surface area contributed by atoms with Gasteiger partial charge in [0.25, 0.3) is 0 Å². The Morgan fingerprint density at radius 2 is 2.00 bits per heavy atom. The van der Waals surface area contributed by atoms with Gasteiger partial charge in [-0.15, -0.1) is 0 Å². The summed E-state index contributed by atoms with van der Waals surface area (Å²) in [5.74, 6) is 0. The van der Waals surface area contributed by atoms with Crippen molar-refractivity contribution in [2.75, 3.05) is 6.54 Å². The predicted octanol–water partition coefficient (Wildman–Crippen LogP) is 4.74. The Morgan fingerprint density at radius 3 is 2.74 bits per heavy atom. The van der Waals surface area contributed by atoms with Gasteiger partial charge < -0.3 is 5.32 Å². The molecule has 0 fully saturated rings. The van der Waals surface area contributed by atoms with Crippen LogP contribution in [0.2, 0.25) is 5.02 Å². The third-order valence-electron chi connectivity index (χ3n) is 3.00. The van der Waals surface area contributed by atoms with Crippen molar-refractivity contribution in [1.29, 1.82) is 0 Å². The van der Waals surface area contributed by atoms with Gasteiger partial charge in [0.15, 0.2) is 0 Å². The first-order chi connectivity index (χ1) is 9.15. The van der Waals surface area contributed by atoms with E-state index < -0.39 is 0 Å². The fraction of sp³-hybridized carbons (Fsp3) is 0.250. The first-order valence-corrected chi connectivity index (χ1v) is 7.52. The lowest BCUT2D eigenvalue weighted by Crippen LogP contribution is -2.16. The maximum absolute atomic E-state index is 6.18. The van der Waals surface area contributed by atoms with Crippen LogP contribution in [0.3, 0.4) is 0 Å². The van der Waals surface area contributed by atoms with E-state index in [1.165, 1.54) is 11.1 Å². The molecule has 2 rings (SSSR count). The molecule has 0 heterocycles. The van der Waals surface area contributed by atoms with Crippen LogP contribution in [0, 0.1) is 6.92 Å². The lowest BCUT2D eigenvalue weighted by atomic mass is 10.1. The van der Waals surface area contributed by atoms with E-state index in [2.05, 4.69) is 52.4 Å². The summed E-state index contributed by atoms with van der Waals surface area (Å²) in [4.78, 5) is 0. The number of hydrogen-bond donors (Lipinski definition) is 1. The molecule has 0 aliphatic carbocycles. The van der Waals surface area contributed by atoms with Crippen molar-refractivity contribution >= 4 is 27.5 Å². The molecule has 1 N–H and O–H groups in total. The van der Waals surface area contributed by atoms with Gasteiger partial charge in [0.05, 0.1) is 0 Å². The Bertz CT molecular complexity index is 554. The van der Waals surface area contributed by atoms with Crippen molar-refractivity contribution in [3.8, 4) is 0 Å². The van der Waals surface area contributed by atoms with Crippen molar-refractivity contribution in [2.45, 2.75) is 19.9 Å². The summed E-state index contributed by atoms with van der Waals surface area (Å²) in [5, 5.41) is 4.23. The topological polar surface area (TPSA) is 12.0 Å². The molecule has 0 aliphatic heterocycles. The van der Waals surface area contributed by atoms with Crippen LogP contribution in [0.5, 0.6) is 0 Å². The summed E-state index contributed by atoms with van der Waals surface area (Å²) in [6.07, 6.45) is 1.04. The van der Waals surface area contributed by atoms with E-state index in [-0.39, 0.29) is 0 Å². The molecule has 0 spiro atoms. The third-order valence-corrected chi connectivity index (χ3v) is 3.85. The second kappa shape index (κ2) is 7.09. The molecule has 19 heavy (non-hydrogen) atoms. The van der Waals surface area contributed by atoms with E-state index in [1.807, 2.05) is 18.2 Å². The fourth-order valence-electron chi connectivity index (χ4n) is 1.99. The van der Waals surface area contributed by atoms with Gasteiger partial charge in [-0.05, 0) is 43.1 Å². The third kappa shape index (κ3) is 4.64. The Labute approximate surface area is 128 Å². The Kier molecular flexibility index (Phi) is 5.44. The normalized spacial score (nSPS) is 10.7. The molecule has 0 aromatic heterocycles. The quantitative estimate of drug-likeness (QED) is 0.776. The fourth-order valence-corrected chi connectivity index (χ4v) is 2.73. The summed E-state index contributed by atoms with van der Waals surface area (Å²) >= 11 is 9.59. The van der Waals surface area contributed by atoms with Crippen molar-refractivity contribution in [3.63, 3.8) is 0 Å². The molecule has 2 aromatic carbocycles. The molecule has 1 nitrogen and oxygen atoms in total. The van der Waals surface area contributed by atoms with Crippen LogP contribution in [-0.2, 0) is 13.0 Å². The van der Waals surface area contributed by atoms with Crippen molar-refractivity contribution in [2.24, 2.45) is 0 Å². The highest BCUT2D eigenvalue weighted by atomic mass is 79.9. The van der Waals surface area contributed by atoms with E-state index in [0.29, 0.717) is 0 Å². The predicted molar refractivity (Wildman–Crippen MR) is 85.7 cm³/mol. The van der Waals surface area contributed by atoms with Gasteiger partial charge in [0, 0.05) is 16.0 Å². The summed E-state index contributed by atoms with van der Waals surface area (Å²) < 4.78 is 1.01. The van der Waals surface area contributed by atoms with Gasteiger partial charge in [-0.1, -0.05) is 63.4 Å². The minimum absolute atomic E-state index is 0.803. The number of hydrogen-bond acceptors (Lipinski definition) is 1. The molecule has 0 amide bonds. The molecule has 0 bridgehead atoms. The number of benzene rings is 2. The van der Waals surface area contributed by atoms with Gasteiger partial charge in [0.2, 0.25) is 0 Å². The van der Waals surface area contributed by atoms with Crippen molar-refractivity contribution in [3.05, 3.63) is 68.7 Å². The SMILES string of the molecule is Cc1cccc(CCNCc2ccc(Br)cc2Cl)c1. The van der Waals surface area contributed by atoms with Crippen LogP contribution in [0.15, 0.2) is 46.9 Å². The largest absolute Gasteiger partial charge is 0.312 e. The molecule has 0 saturated heterocycles. The molecular formula is C16H17BrClN. The zero-order valence-corrected chi connectivity index (χ0v) is 13.3. The monoisotopic (exact) mass is 337 g/mol. The summed E-state index contributed by atoms with van der Waals surface area (Å²) in [6, 6.07) is 14.6. The highest BCUT2D eigenvalue weighted by Gasteiger charge is 2.00. The van der Waals surface area contributed by atoms with E-state index >= 15 is 0 Å². The highest BCUT2D eigenvalue weighted by Crippen LogP contribution is 2.21. The van der Waals surface area contributed by atoms with E-state index in [0.717, 1.165) is 34.6 Å². The smallest absolute Gasteiger partial charge is 0.0462 e. The summed E-state index contributed by atoms with van der Waals surface area (Å²) in [7, 11) is 0. The lowest BCUT2D eigenvalue weighted by Gasteiger charge is -2.07. The molecule has 3 heteroatoms. The molecule has 100 valence electrons. The van der Waals surface area contributed by atoms with Gasteiger partial charge in [0.1, 0.15) is 0 Å². The standard InChI is InChI=1S/C16H17BrClN/c1-12-3-2-4-13(9-12)7-8-19-11-14-5-6-15(17)10-16(14)18/h2-6,9-10,19H,7-8,11H2,1H3. The molecule has 0 radical (unpaired) electrons. The minimum Gasteiger partial charge on any atom is -0.312 e. The summed E-state index contributed by atoms with van der Waals surface area (Å²) in [5.41, 5.74) is 3.82. The van der Waals surface area contributed by atoms with Crippen LogP contribution >= 0.6 is 27.5 Å². The molecule has 0 saturated carbocycles. The summed E-state index contributed by atoms with van der Waals surface area (Å²) in [6.45, 7) is 3.88. The van der Waals surface area contributed by atoms with Gasteiger partial charge >= 0.3 is 0 Å². The molecule has 0 atom stereocenters. The zero-order chi connectivity index (χ0) is 13.7. The van der Waals surface area contributed by atoms with E-state index in [1.54, 1.807) is 0 Å². The molecule has 0 aliphatic rings. The zero-order valence-electron chi connectivity index (χ0n) is 10.9. The maximum Gasteiger partial charge on any atom is 0.0462 e. The van der Waals surface area contributed by atoms with Gasteiger partial charge in [-0.2, -0.15) is 0 Å². The minimum atomic E-state index is 0.803. The van der Waals surface area contributed by atoms with E-state index in [4.69, 9.17) is 11.6 Å². The van der Waals surface area contributed by atoms with Crippen molar-refractivity contribution < 1.29 is 0 Å².